The Morgan fingerprint density at radius 3 is 2.38 bits per heavy atom. The molecule has 0 saturated heterocycles. The SMILES string of the molecule is CCOC(=O)[C@H](CSCc1ccccc1)NC(=O)C(C)(C)C(C)=O. The Bertz CT molecular complexity index is 572. The Kier molecular flexibility index (Phi) is 7.98. The number of benzene rings is 1. The molecule has 1 atom stereocenters. The Hall–Kier alpha value is -1.82. The number of carbonyl (C=O) groups excluding carboxylic acids is 3. The maximum atomic E-state index is 12.3. The summed E-state index contributed by atoms with van der Waals surface area (Å²) in [6.45, 7) is 6.41. The summed E-state index contributed by atoms with van der Waals surface area (Å²) in [4.78, 5) is 36.0. The van der Waals surface area contributed by atoms with Crippen LogP contribution in [0.15, 0.2) is 30.3 Å². The normalized spacial score (nSPS) is 12.3. The highest BCUT2D eigenvalue weighted by Gasteiger charge is 2.35. The van der Waals surface area contributed by atoms with Crippen LogP contribution < -0.4 is 5.32 Å². The van der Waals surface area contributed by atoms with Crippen LogP contribution in [0.1, 0.15) is 33.3 Å². The van der Waals surface area contributed by atoms with E-state index in [9.17, 15) is 14.4 Å². The molecule has 1 amide bonds. The molecule has 132 valence electrons. The van der Waals surface area contributed by atoms with Gasteiger partial charge in [-0.25, -0.2) is 4.79 Å². The number of rotatable bonds is 9. The first kappa shape index (κ1) is 20.2. The fourth-order valence-corrected chi connectivity index (χ4v) is 2.78. The van der Waals surface area contributed by atoms with Crippen LogP contribution in [0.25, 0.3) is 0 Å². The van der Waals surface area contributed by atoms with Gasteiger partial charge in [-0.15, -0.1) is 0 Å². The molecule has 0 spiro atoms. The number of nitrogens with one attached hydrogen (secondary N) is 1. The fraction of sp³-hybridized carbons (Fsp3) is 0.500. The number of esters is 1. The number of ether oxygens (including phenoxy) is 1. The molecule has 0 heterocycles. The van der Waals surface area contributed by atoms with E-state index in [0.717, 1.165) is 11.3 Å². The third-order valence-corrected chi connectivity index (χ3v) is 4.83. The first-order valence-corrected chi connectivity index (χ1v) is 9.04. The van der Waals surface area contributed by atoms with Gasteiger partial charge < -0.3 is 10.1 Å². The average Bonchev–Trinajstić information content (AvgIpc) is 2.54. The molecule has 0 unspecified atom stereocenters. The summed E-state index contributed by atoms with van der Waals surface area (Å²) < 4.78 is 5.03. The van der Waals surface area contributed by atoms with Gasteiger partial charge in [0.1, 0.15) is 17.2 Å². The molecular weight excluding hydrogens is 326 g/mol. The van der Waals surface area contributed by atoms with Gasteiger partial charge in [0.2, 0.25) is 5.91 Å². The van der Waals surface area contributed by atoms with E-state index < -0.39 is 23.3 Å². The van der Waals surface area contributed by atoms with E-state index in [0.29, 0.717) is 5.75 Å². The van der Waals surface area contributed by atoms with Crippen molar-refractivity contribution in [3.05, 3.63) is 35.9 Å². The molecular formula is C18H25NO4S. The zero-order valence-electron chi connectivity index (χ0n) is 14.6. The first-order valence-electron chi connectivity index (χ1n) is 7.89. The van der Waals surface area contributed by atoms with Crippen molar-refractivity contribution >= 4 is 29.4 Å². The Labute approximate surface area is 147 Å². The van der Waals surface area contributed by atoms with E-state index in [1.807, 2.05) is 30.3 Å². The minimum atomic E-state index is -1.17. The van der Waals surface area contributed by atoms with Gasteiger partial charge >= 0.3 is 5.97 Å². The van der Waals surface area contributed by atoms with Crippen LogP contribution in [-0.2, 0) is 24.9 Å². The van der Waals surface area contributed by atoms with Crippen molar-refractivity contribution in [3.8, 4) is 0 Å². The van der Waals surface area contributed by atoms with Crippen molar-refractivity contribution < 1.29 is 19.1 Å². The van der Waals surface area contributed by atoms with Crippen LogP contribution in [0.2, 0.25) is 0 Å². The summed E-state index contributed by atoms with van der Waals surface area (Å²) >= 11 is 1.53. The predicted octanol–water partition coefficient (Wildman–Crippen LogP) is 2.58. The van der Waals surface area contributed by atoms with E-state index >= 15 is 0 Å². The van der Waals surface area contributed by atoms with Gasteiger partial charge in [0.05, 0.1) is 6.61 Å². The van der Waals surface area contributed by atoms with Gasteiger partial charge in [-0.1, -0.05) is 30.3 Å². The van der Waals surface area contributed by atoms with E-state index in [-0.39, 0.29) is 12.4 Å². The first-order chi connectivity index (χ1) is 11.3. The molecule has 0 aromatic heterocycles. The average molecular weight is 351 g/mol. The van der Waals surface area contributed by atoms with Crippen LogP contribution in [0.3, 0.4) is 0 Å². The second-order valence-electron chi connectivity index (χ2n) is 5.96. The van der Waals surface area contributed by atoms with Crippen LogP contribution in [0.5, 0.6) is 0 Å². The largest absolute Gasteiger partial charge is 0.464 e. The lowest BCUT2D eigenvalue weighted by molar-refractivity contribution is -0.149. The molecule has 1 aromatic rings. The third-order valence-electron chi connectivity index (χ3n) is 3.72. The number of Topliss-reactive ketones (excluding diaryl/α,β-unsaturated/α-hetero) is 1. The molecule has 1 rings (SSSR count). The van der Waals surface area contributed by atoms with Crippen molar-refractivity contribution in [2.45, 2.75) is 39.5 Å². The third kappa shape index (κ3) is 6.00. The molecule has 1 aromatic carbocycles. The zero-order valence-corrected chi connectivity index (χ0v) is 15.4. The number of ketones is 1. The van der Waals surface area contributed by atoms with E-state index in [1.165, 1.54) is 18.7 Å². The standard InChI is InChI=1S/C18H25NO4S/c1-5-23-16(21)15(19-17(22)18(3,4)13(2)20)12-24-11-14-9-7-6-8-10-14/h6-10,15H,5,11-12H2,1-4H3,(H,19,22)/t15-/m0/s1. The van der Waals surface area contributed by atoms with Crippen molar-refractivity contribution in [2.24, 2.45) is 5.41 Å². The van der Waals surface area contributed by atoms with Crippen molar-refractivity contribution in [1.29, 1.82) is 0 Å². The zero-order chi connectivity index (χ0) is 18.2. The topological polar surface area (TPSA) is 72.5 Å². The highest BCUT2D eigenvalue weighted by atomic mass is 32.2. The van der Waals surface area contributed by atoms with Gasteiger partial charge in [0.15, 0.2) is 0 Å². The molecule has 24 heavy (non-hydrogen) atoms. The number of carbonyl (C=O) groups is 3. The quantitative estimate of drug-likeness (QED) is 0.547. The molecule has 5 nitrogen and oxygen atoms in total. The molecule has 0 fully saturated rings. The number of hydrogen-bond donors (Lipinski definition) is 1. The second kappa shape index (κ2) is 9.47. The smallest absolute Gasteiger partial charge is 0.329 e. The van der Waals surface area contributed by atoms with Crippen LogP contribution in [0, 0.1) is 5.41 Å². The monoisotopic (exact) mass is 351 g/mol. The minimum Gasteiger partial charge on any atom is -0.464 e. The lowest BCUT2D eigenvalue weighted by Crippen LogP contribution is -2.50. The van der Waals surface area contributed by atoms with Crippen molar-refractivity contribution in [1.82, 2.24) is 5.32 Å². The molecule has 0 aliphatic rings. The number of amides is 1. The lowest BCUT2D eigenvalue weighted by atomic mass is 9.87. The molecule has 0 aliphatic heterocycles. The molecule has 0 aliphatic carbocycles. The summed E-state index contributed by atoms with van der Waals surface area (Å²) in [5.74, 6) is -0.0884. The maximum Gasteiger partial charge on any atom is 0.329 e. The van der Waals surface area contributed by atoms with Gasteiger partial charge in [-0.3, -0.25) is 9.59 Å². The van der Waals surface area contributed by atoms with E-state index in [2.05, 4.69) is 5.32 Å². The Morgan fingerprint density at radius 2 is 1.83 bits per heavy atom. The molecule has 0 radical (unpaired) electrons. The molecule has 6 heteroatoms. The summed E-state index contributed by atoms with van der Waals surface area (Å²) in [5, 5.41) is 2.65. The summed E-state index contributed by atoms with van der Waals surface area (Å²) in [6, 6.07) is 9.09. The van der Waals surface area contributed by atoms with Gasteiger partial charge in [-0.2, -0.15) is 11.8 Å². The van der Waals surface area contributed by atoms with Crippen LogP contribution >= 0.6 is 11.8 Å². The summed E-state index contributed by atoms with van der Waals surface area (Å²) in [7, 11) is 0. The van der Waals surface area contributed by atoms with Gasteiger partial charge in [0.25, 0.3) is 0 Å². The Balaban J connectivity index is 2.68. The number of hydrogen-bond acceptors (Lipinski definition) is 5. The highest BCUT2D eigenvalue weighted by molar-refractivity contribution is 7.98. The van der Waals surface area contributed by atoms with Crippen LogP contribution in [-0.4, -0.2) is 36.1 Å². The van der Waals surface area contributed by atoms with Gasteiger partial charge in [-0.05, 0) is 33.3 Å². The van der Waals surface area contributed by atoms with Gasteiger partial charge in [0, 0.05) is 11.5 Å². The summed E-state index contributed by atoms with van der Waals surface area (Å²) in [5.41, 5.74) is -0.0324. The van der Waals surface area contributed by atoms with Crippen molar-refractivity contribution in [3.63, 3.8) is 0 Å². The predicted molar refractivity (Wildman–Crippen MR) is 95.6 cm³/mol. The van der Waals surface area contributed by atoms with Crippen molar-refractivity contribution in [2.75, 3.05) is 12.4 Å². The molecule has 0 bridgehead atoms. The summed E-state index contributed by atoms with van der Waals surface area (Å²) in [6.07, 6.45) is 0. The molecule has 1 N–H and O–H groups in total. The van der Waals surface area contributed by atoms with E-state index in [1.54, 1.807) is 20.8 Å². The fourth-order valence-electron chi connectivity index (χ4n) is 1.78. The highest BCUT2D eigenvalue weighted by Crippen LogP contribution is 2.18. The maximum absolute atomic E-state index is 12.3. The molecule has 0 saturated carbocycles. The lowest BCUT2D eigenvalue weighted by Gasteiger charge is -2.24. The van der Waals surface area contributed by atoms with Crippen LogP contribution in [0.4, 0.5) is 0 Å². The van der Waals surface area contributed by atoms with E-state index in [4.69, 9.17) is 4.74 Å². The second-order valence-corrected chi connectivity index (χ2v) is 6.99. The number of thioether (sulfide) groups is 1. The Morgan fingerprint density at radius 1 is 1.21 bits per heavy atom. The minimum absolute atomic E-state index is 0.241.